The van der Waals surface area contributed by atoms with E-state index in [2.05, 4.69) is 32.9 Å². The van der Waals surface area contributed by atoms with Gasteiger partial charge in [0.05, 0.1) is 10.9 Å². The van der Waals surface area contributed by atoms with Crippen molar-refractivity contribution in [2.24, 2.45) is 5.92 Å². The fourth-order valence-corrected chi connectivity index (χ4v) is 4.49. The highest BCUT2D eigenvalue weighted by atomic mass is 79.9. The maximum atomic E-state index is 13.3. The molecule has 1 fully saturated rings. The van der Waals surface area contributed by atoms with Crippen LogP contribution in [0.2, 0.25) is 0 Å². The minimum absolute atomic E-state index is 0.0671. The van der Waals surface area contributed by atoms with E-state index in [4.69, 9.17) is 4.52 Å². The standard InChI is InChI=1S/C20H17BrN2O2/c1-11-6-8-23(9-7-11)15-10-14(21)18-17-16(15)19(24)12-4-2-3-5-13(12)20(17)25-22-18/h2-5,10-11H,6-9H2,1H3. The Morgan fingerprint density at radius 3 is 2.68 bits per heavy atom. The zero-order chi connectivity index (χ0) is 17.1. The molecule has 3 aromatic rings. The second-order valence-corrected chi connectivity index (χ2v) is 7.89. The van der Waals surface area contributed by atoms with Crippen molar-refractivity contribution in [3.63, 3.8) is 0 Å². The first-order valence-electron chi connectivity index (χ1n) is 8.66. The van der Waals surface area contributed by atoms with E-state index in [0.717, 1.165) is 64.0 Å². The SMILES string of the molecule is CC1CCN(c2cc(Br)c3noc4c3c2C(=O)c2ccccc2-4)CC1. The lowest BCUT2D eigenvalue weighted by Gasteiger charge is -2.34. The Morgan fingerprint density at radius 1 is 1.20 bits per heavy atom. The van der Waals surface area contributed by atoms with Gasteiger partial charge in [-0.05, 0) is 40.8 Å². The average Bonchev–Trinajstić information content (AvgIpc) is 3.07. The average molecular weight is 397 g/mol. The van der Waals surface area contributed by atoms with Crippen LogP contribution in [0.3, 0.4) is 0 Å². The summed E-state index contributed by atoms with van der Waals surface area (Å²) in [5.41, 5.74) is 3.99. The quantitative estimate of drug-likeness (QED) is 0.452. The summed E-state index contributed by atoms with van der Waals surface area (Å²) in [4.78, 5) is 15.7. The van der Waals surface area contributed by atoms with Crippen molar-refractivity contribution in [2.45, 2.75) is 19.8 Å². The molecule has 126 valence electrons. The summed E-state index contributed by atoms with van der Waals surface area (Å²) in [6, 6.07) is 9.66. The Hall–Kier alpha value is -2.14. The van der Waals surface area contributed by atoms with Gasteiger partial charge in [-0.2, -0.15) is 0 Å². The third-order valence-electron chi connectivity index (χ3n) is 5.46. The van der Waals surface area contributed by atoms with Crippen LogP contribution in [0.4, 0.5) is 5.69 Å². The second kappa shape index (κ2) is 5.43. The topological polar surface area (TPSA) is 46.3 Å². The van der Waals surface area contributed by atoms with E-state index in [1.807, 2.05) is 30.3 Å². The molecule has 0 unspecified atom stereocenters. The molecule has 0 bridgehead atoms. The summed E-state index contributed by atoms with van der Waals surface area (Å²) in [5, 5.41) is 5.07. The Labute approximate surface area is 153 Å². The minimum atomic E-state index is 0.0671. The first kappa shape index (κ1) is 15.1. The summed E-state index contributed by atoms with van der Waals surface area (Å²) in [6.07, 6.45) is 2.30. The van der Waals surface area contributed by atoms with E-state index in [9.17, 15) is 4.79 Å². The molecular formula is C20H17BrN2O2. The van der Waals surface area contributed by atoms with Crippen molar-refractivity contribution in [2.75, 3.05) is 18.0 Å². The number of fused-ring (bicyclic) bond motifs is 2. The molecule has 0 radical (unpaired) electrons. The van der Waals surface area contributed by atoms with Crippen LogP contribution in [-0.4, -0.2) is 24.0 Å². The number of hydrogen-bond donors (Lipinski definition) is 0. The highest BCUT2D eigenvalue weighted by molar-refractivity contribution is 9.10. The molecule has 0 atom stereocenters. The minimum Gasteiger partial charge on any atom is -0.371 e. The molecule has 0 saturated carbocycles. The fourth-order valence-electron chi connectivity index (χ4n) is 4.00. The van der Waals surface area contributed by atoms with E-state index in [1.54, 1.807) is 0 Å². The Bertz CT molecular complexity index is 1020. The summed E-state index contributed by atoms with van der Waals surface area (Å²) in [5.74, 6) is 1.51. The number of ketones is 1. The third kappa shape index (κ3) is 2.11. The van der Waals surface area contributed by atoms with Gasteiger partial charge in [0.25, 0.3) is 0 Å². The number of aromatic nitrogens is 1. The smallest absolute Gasteiger partial charge is 0.196 e. The summed E-state index contributed by atoms with van der Waals surface area (Å²) >= 11 is 3.63. The predicted octanol–water partition coefficient (Wildman–Crippen LogP) is 5.04. The maximum Gasteiger partial charge on any atom is 0.196 e. The van der Waals surface area contributed by atoms with Gasteiger partial charge in [-0.3, -0.25) is 4.79 Å². The zero-order valence-corrected chi connectivity index (χ0v) is 15.5. The van der Waals surface area contributed by atoms with Crippen LogP contribution in [0.25, 0.3) is 22.2 Å². The van der Waals surface area contributed by atoms with Crippen molar-refractivity contribution in [1.29, 1.82) is 0 Å². The molecule has 0 spiro atoms. The maximum absolute atomic E-state index is 13.3. The molecule has 0 amide bonds. The lowest BCUT2D eigenvalue weighted by atomic mass is 9.86. The molecule has 5 rings (SSSR count). The van der Waals surface area contributed by atoms with Gasteiger partial charge in [-0.1, -0.05) is 36.3 Å². The van der Waals surface area contributed by atoms with Gasteiger partial charge < -0.3 is 9.42 Å². The molecule has 25 heavy (non-hydrogen) atoms. The Kier molecular flexibility index (Phi) is 3.29. The normalized spacial score (nSPS) is 17.2. The number of hydrogen-bond acceptors (Lipinski definition) is 4. The van der Waals surface area contributed by atoms with E-state index in [1.165, 1.54) is 0 Å². The van der Waals surface area contributed by atoms with Gasteiger partial charge >= 0.3 is 0 Å². The lowest BCUT2D eigenvalue weighted by molar-refractivity contribution is 0.104. The molecule has 1 aliphatic carbocycles. The van der Waals surface area contributed by atoms with Crippen molar-refractivity contribution >= 4 is 38.3 Å². The number of anilines is 1. The summed E-state index contributed by atoms with van der Waals surface area (Å²) in [7, 11) is 0. The molecule has 1 aromatic heterocycles. The first-order valence-corrected chi connectivity index (χ1v) is 9.45. The molecule has 1 saturated heterocycles. The largest absolute Gasteiger partial charge is 0.371 e. The van der Waals surface area contributed by atoms with E-state index < -0.39 is 0 Å². The summed E-state index contributed by atoms with van der Waals surface area (Å²) in [6.45, 7) is 4.24. The highest BCUT2D eigenvalue weighted by Crippen LogP contribution is 2.46. The molecule has 0 N–H and O–H groups in total. The molecule has 4 nitrogen and oxygen atoms in total. The van der Waals surface area contributed by atoms with Gasteiger partial charge in [0.2, 0.25) is 0 Å². The number of rotatable bonds is 1. The van der Waals surface area contributed by atoms with Crippen LogP contribution in [-0.2, 0) is 0 Å². The number of carbonyl (C=O) groups excluding carboxylic acids is 1. The van der Waals surface area contributed by atoms with Crippen molar-refractivity contribution < 1.29 is 9.32 Å². The fraction of sp³-hybridized carbons (Fsp3) is 0.300. The number of nitrogens with zero attached hydrogens (tertiary/aromatic N) is 2. The third-order valence-corrected chi connectivity index (χ3v) is 6.06. The van der Waals surface area contributed by atoms with Gasteiger partial charge in [0.1, 0.15) is 5.52 Å². The molecule has 2 aliphatic rings. The van der Waals surface area contributed by atoms with Crippen LogP contribution in [0.5, 0.6) is 0 Å². The highest BCUT2D eigenvalue weighted by Gasteiger charge is 2.34. The van der Waals surface area contributed by atoms with Gasteiger partial charge in [-0.25, -0.2) is 0 Å². The van der Waals surface area contributed by atoms with Gasteiger partial charge in [0, 0.05) is 34.4 Å². The van der Waals surface area contributed by atoms with Gasteiger partial charge in [-0.15, -0.1) is 0 Å². The Balaban J connectivity index is 1.80. The molecule has 1 aliphatic heterocycles. The van der Waals surface area contributed by atoms with Gasteiger partial charge in [0.15, 0.2) is 11.5 Å². The number of carbonyl (C=O) groups is 1. The molecule has 2 aromatic carbocycles. The Morgan fingerprint density at radius 2 is 1.92 bits per heavy atom. The molecular weight excluding hydrogens is 380 g/mol. The zero-order valence-electron chi connectivity index (χ0n) is 13.9. The van der Waals surface area contributed by atoms with Crippen molar-refractivity contribution in [3.05, 3.63) is 45.9 Å². The predicted molar refractivity (Wildman–Crippen MR) is 101 cm³/mol. The van der Waals surface area contributed by atoms with Crippen LogP contribution in [0, 0.1) is 5.92 Å². The van der Waals surface area contributed by atoms with Crippen LogP contribution in [0.1, 0.15) is 35.7 Å². The molecule has 5 heteroatoms. The van der Waals surface area contributed by atoms with Crippen molar-refractivity contribution in [1.82, 2.24) is 5.16 Å². The number of halogens is 1. The van der Waals surface area contributed by atoms with E-state index >= 15 is 0 Å². The molecule has 2 heterocycles. The van der Waals surface area contributed by atoms with E-state index in [0.29, 0.717) is 11.3 Å². The number of benzene rings is 2. The van der Waals surface area contributed by atoms with Crippen LogP contribution < -0.4 is 4.90 Å². The first-order chi connectivity index (χ1) is 12.1. The number of piperidine rings is 1. The second-order valence-electron chi connectivity index (χ2n) is 7.03. The van der Waals surface area contributed by atoms with Crippen LogP contribution >= 0.6 is 15.9 Å². The van der Waals surface area contributed by atoms with Crippen LogP contribution in [0.15, 0.2) is 39.3 Å². The monoisotopic (exact) mass is 396 g/mol. The van der Waals surface area contributed by atoms with E-state index in [-0.39, 0.29) is 5.78 Å². The van der Waals surface area contributed by atoms with Crippen molar-refractivity contribution in [3.8, 4) is 11.3 Å². The lowest BCUT2D eigenvalue weighted by Crippen LogP contribution is -2.34. The summed E-state index contributed by atoms with van der Waals surface area (Å²) < 4.78 is 6.54.